The number of hydrogen-bond donors (Lipinski definition) is 0. The molecule has 0 fully saturated rings. The number of allylic oxidation sites excluding steroid dienone is 14. The highest BCUT2D eigenvalue weighted by Crippen LogP contribution is 2.15. The third-order valence-corrected chi connectivity index (χ3v) is 12.4. The van der Waals surface area contributed by atoms with Gasteiger partial charge < -0.3 is 14.2 Å². The van der Waals surface area contributed by atoms with Crippen molar-refractivity contribution in [3.05, 3.63) is 85.1 Å². The lowest BCUT2D eigenvalue weighted by Gasteiger charge is -2.18. The number of esters is 3. The van der Waals surface area contributed by atoms with Gasteiger partial charge in [-0.2, -0.15) is 0 Å². The summed E-state index contributed by atoms with van der Waals surface area (Å²) in [5, 5.41) is 0. The zero-order valence-electron chi connectivity index (χ0n) is 45.3. The second kappa shape index (κ2) is 57.2. The summed E-state index contributed by atoms with van der Waals surface area (Å²) in [4.78, 5) is 38.1. The molecule has 0 saturated heterocycles. The van der Waals surface area contributed by atoms with Gasteiger partial charge in [0.1, 0.15) is 13.2 Å². The van der Waals surface area contributed by atoms with Crippen molar-refractivity contribution in [2.24, 2.45) is 0 Å². The van der Waals surface area contributed by atoms with Crippen LogP contribution in [0.3, 0.4) is 0 Å². The van der Waals surface area contributed by atoms with E-state index in [-0.39, 0.29) is 31.1 Å². The Labute approximate surface area is 426 Å². The lowest BCUT2D eigenvalue weighted by Crippen LogP contribution is -2.30. The third kappa shape index (κ3) is 55.4. The molecule has 0 amide bonds. The van der Waals surface area contributed by atoms with Gasteiger partial charge in [-0.1, -0.05) is 247 Å². The molecule has 1 atom stereocenters. The van der Waals surface area contributed by atoms with E-state index in [1.165, 1.54) is 122 Å². The molecule has 6 heteroatoms. The molecule has 0 aromatic carbocycles. The molecule has 0 spiro atoms. The maximum absolute atomic E-state index is 12.8. The minimum atomic E-state index is -0.784. The van der Waals surface area contributed by atoms with E-state index in [0.29, 0.717) is 19.3 Å². The first kappa shape index (κ1) is 65.6. The van der Waals surface area contributed by atoms with Gasteiger partial charge in [-0.05, 0) is 96.3 Å². The molecular weight excluding hydrogens is 853 g/mol. The molecular formula is C63H108O6. The summed E-state index contributed by atoms with van der Waals surface area (Å²) >= 11 is 0. The van der Waals surface area contributed by atoms with Crippen LogP contribution in [0.4, 0.5) is 0 Å². The van der Waals surface area contributed by atoms with Crippen molar-refractivity contribution in [2.45, 2.75) is 284 Å². The highest BCUT2D eigenvalue weighted by Gasteiger charge is 2.19. The van der Waals surface area contributed by atoms with Crippen LogP contribution in [-0.2, 0) is 28.6 Å². The van der Waals surface area contributed by atoms with E-state index in [1.807, 2.05) is 0 Å². The fraction of sp³-hybridized carbons (Fsp3) is 0.730. The van der Waals surface area contributed by atoms with Gasteiger partial charge in [0.25, 0.3) is 0 Å². The van der Waals surface area contributed by atoms with Crippen LogP contribution in [-0.4, -0.2) is 37.2 Å². The number of ether oxygens (including phenoxy) is 3. The normalized spacial score (nSPS) is 12.7. The fourth-order valence-corrected chi connectivity index (χ4v) is 8.03. The van der Waals surface area contributed by atoms with Crippen LogP contribution in [0, 0.1) is 0 Å². The lowest BCUT2D eigenvalue weighted by atomic mass is 10.0. The second-order valence-electron chi connectivity index (χ2n) is 19.2. The Hall–Kier alpha value is -3.41. The first-order chi connectivity index (χ1) is 34.0. The topological polar surface area (TPSA) is 78.9 Å². The van der Waals surface area contributed by atoms with Gasteiger partial charge in [0.15, 0.2) is 6.10 Å². The predicted molar refractivity (Wildman–Crippen MR) is 297 cm³/mol. The molecule has 0 aromatic rings. The van der Waals surface area contributed by atoms with Crippen LogP contribution in [0.1, 0.15) is 278 Å². The highest BCUT2D eigenvalue weighted by molar-refractivity contribution is 5.71. The number of rotatable bonds is 52. The molecule has 0 N–H and O–H groups in total. The van der Waals surface area contributed by atoms with Crippen LogP contribution in [0.5, 0.6) is 0 Å². The first-order valence-electron chi connectivity index (χ1n) is 29.1. The Balaban J connectivity index is 4.33. The van der Waals surface area contributed by atoms with Crippen molar-refractivity contribution in [1.29, 1.82) is 0 Å². The van der Waals surface area contributed by atoms with Crippen molar-refractivity contribution in [1.82, 2.24) is 0 Å². The van der Waals surface area contributed by atoms with Crippen molar-refractivity contribution in [3.8, 4) is 0 Å². The summed E-state index contributed by atoms with van der Waals surface area (Å²) in [6.45, 7) is 6.50. The molecule has 396 valence electrons. The minimum absolute atomic E-state index is 0.0836. The largest absolute Gasteiger partial charge is 0.462 e. The van der Waals surface area contributed by atoms with Gasteiger partial charge in [-0.3, -0.25) is 14.4 Å². The van der Waals surface area contributed by atoms with Crippen LogP contribution < -0.4 is 0 Å². The molecule has 0 bridgehead atoms. The monoisotopic (exact) mass is 961 g/mol. The average molecular weight is 962 g/mol. The molecule has 1 unspecified atom stereocenters. The molecule has 0 aliphatic heterocycles. The average Bonchev–Trinajstić information content (AvgIpc) is 3.35. The second-order valence-corrected chi connectivity index (χ2v) is 19.2. The molecule has 0 heterocycles. The van der Waals surface area contributed by atoms with E-state index in [0.717, 1.165) is 116 Å². The molecule has 0 saturated carbocycles. The molecule has 69 heavy (non-hydrogen) atoms. The Morgan fingerprint density at radius 3 is 0.928 bits per heavy atom. The highest BCUT2D eigenvalue weighted by atomic mass is 16.6. The summed E-state index contributed by atoms with van der Waals surface area (Å²) < 4.78 is 16.8. The maximum atomic E-state index is 12.8. The lowest BCUT2D eigenvalue weighted by molar-refractivity contribution is -0.167. The Morgan fingerprint density at radius 2 is 0.565 bits per heavy atom. The van der Waals surface area contributed by atoms with E-state index in [9.17, 15) is 14.4 Å². The van der Waals surface area contributed by atoms with Gasteiger partial charge in [0.2, 0.25) is 0 Å². The van der Waals surface area contributed by atoms with Crippen LogP contribution >= 0.6 is 0 Å². The molecule has 0 rings (SSSR count). The van der Waals surface area contributed by atoms with Gasteiger partial charge in [-0.25, -0.2) is 0 Å². The van der Waals surface area contributed by atoms with Crippen LogP contribution in [0.15, 0.2) is 85.1 Å². The van der Waals surface area contributed by atoms with Crippen molar-refractivity contribution in [2.75, 3.05) is 13.2 Å². The third-order valence-electron chi connectivity index (χ3n) is 12.4. The summed E-state index contributed by atoms with van der Waals surface area (Å²) in [6.07, 6.45) is 74.3. The zero-order chi connectivity index (χ0) is 50.0. The van der Waals surface area contributed by atoms with E-state index in [4.69, 9.17) is 14.2 Å². The number of carbonyl (C=O) groups is 3. The Morgan fingerprint density at radius 1 is 0.304 bits per heavy atom. The van der Waals surface area contributed by atoms with Crippen LogP contribution in [0.2, 0.25) is 0 Å². The SMILES string of the molecule is CC/C=C\C/C=C\C/C=C\C/C=C\C/C=C\C/C=C\CCCCCCCCC(=O)OCC(COC(=O)CCCCCCC/C=C\CCCCC)OC(=O)CCCCCCCCCCCCCCCC. The number of hydrogen-bond acceptors (Lipinski definition) is 6. The van der Waals surface area contributed by atoms with Gasteiger partial charge in [-0.15, -0.1) is 0 Å². The standard InChI is InChI=1S/C63H108O6/c1-4-7-10-13-16-19-22-25-27-28-29-30-31-32-33-34-35-36-37-39-41-44-47-50-53-56-62(65)68-59-60(58-67-61(64)55-52-49-46-43-40-24-21-18-15-12-9-6-3)69-63(66)57-54-51-48-45-42-38-26-23-20-17-14-11-8-5-2/h7,10,16,18-19,21,25,27,29-30,32-33,35-36,60H,4-6,8-9,11-15,17,20,22-24,26,28,31,34,37-59H2,1-3H3/b10-7-,19-16-,21-18-,27-25-,30-29-,33-32-,36-35-. The fourth-order valence-electron chi connectivity index (χ4n) is 8.03. The zero-order valence-corrected chi connectivity index (χ0v) is 45.3. The molecule has 0 aromatic heterocycles. The summed E-state index contributed by atoms with van der Waals surface area (Å²) in [6, 6.07) is 0. The summed E-state index contributed by atoms with van der Waals surface area (Å²) in [7, 11) is 0. The van der Waals surface area contributed by atoms with E-state index in [1.54, 1.807) is 0 Å². The minimum Gasteiger partial charge on any atom is -0.462 e. The summed E-state index contributed by atoms with van der Waals surface area (Å²) in [5.41, 5.74) is 0. The van der Waals surface area contributed by atoms with Gasteiger partial charge in [0.05, 0.1) is 0 Å². The predicted octanol–water partition coefficient (Wildman–Crippen LogP) is 19.5. The molecule has 0 aliphatic rings. The smallest absolute Gasteiger partial charge is 0.306 e. The van der Waals surface area contributed by atoms with E-state index in [2.05, 4.69) is 106 Å². The van der Waals surface area contributed by atoms with Crippen LogP contribution in [0.25, 0.3) is 0 Å². The number of carbonyl (C=O) groups excluding carboxylic acids is 3. The van der Waals surface area contributed by atoms with Gasteiger partial charge in [0, 0.05) is 19.3 Å². The molecule has 0 radical (unpaired) electrons. The van der Waals surface area contributed by atoms with Crippen molar-refractivity contribution < 1.29 is 28.6 Å². The molecule has 0 aliphatic carbocycles. The Kier molecular flexibility index (Phi) is 54.3. The van der Waals surface area contributed by atoms with Crippen molar-refractivity contribution >= 4 is 17.9 Å². The van der Waals surface area contributed by atoms with Gasteiger partial charge >= 0.3 is 17.9 Å². The Bertz CT molecular complexity index is 1330. The van der Waals surface area contributed by atoms with Crippen molar-refractivity contribution in [3.63, 3.8) is 0 Å². The number of unbranched alkanes of at least 4 members (excludes halogenated alkanes) is 27. The maximum Gasteiger partial charge on any atom is 0.306 e. The molecule has 6 nitrogen and oxygen atoms in total. The van der Waals surface area contributed by atoms with E-state index >= 15 is 0 Å². The quantitative estimate of drug-likeness (QED) is 0.0262. The van der Waals surface area contributed by atoms with E-state index < -0.39 is 6.10 Å². The summed E-state index contributed by atoms with van der Waals surface area (Å²) in [5.74, 6) is -0.900. The first-order valence-corrected chi connectivity index (χ1v) is 29.1.